The number of para-hydroxylation sites is 1. The summed E-state index contributed by atoms with van der Waals surface area (Å²) in [5.41, 5.74) is 3.47. The van der Waals surface area contributed by atoms with Crippen molar-refractivity contribution in [2.45, 2.75) is 38.6 Å². The maximum absolute atomic E-state index is 3.54. The van der Waals surface area contributed by atoms with Crippen molar-refractivity contribution in [3.05, 3.63) is 48.5 Å². The minimum absolute atomic E-state index is 0.436. The van der Waals surface area contributed by atoms with E-state index < -0.39 is 0 Å². The first-order valence-corrected chi connectivity index (χ1v) is 8.88. The fourth-order valence-corrected chi connectivity index (χ4v) is 3.10. The van der Waals surface area contributed by atoms with E-state index in [1.54, 1.807) is 0 Å². The van der Waals surface area contributed by atoms with Gasteiger partial charge in [0.1, 0.15) is 0 Å². The molecule has 0 aliphatic heterocycles. The molecule has 2 aromatic rings. The molecule has 0 unspecified atom stereocenters. The lowest BCUT2D eigenvalue weighted by Crippen LogP contribution is -2.10. The molecule has 0 aliphatic rings. The number of benzene rings is 2. The molecule has 0 spiro atoms. The number of thioether (sulfide) groups is 1. The molecule has 2 N–H and O–H groups in total. The third kappa shape index (κ3) is 5.30. The number of rotatable bonds is 7. The van der Waals surface area contributed by atoms with Gasteiger partial charge in [0.25, 0.3) is 0 Å². The topological polar surface area (TPSA) is 24.1 Å². The zero-order valence-electron chi connectivity index (χ0n) is 13.9. The predicted octanol–water partition coefficient (Wildman–Crippen LogP) is 6.00. The molecule has 118 valence electrons. The van der Waals surface area contributed by atoms with Crippen molar-refractivity contribution in [1.82, 2.24) is 0 Å². The van der Waals surface area contributed by atoms with E-state index in [9.17, 15) is 0 Å². The largest absolute Gasteiger partial charge is 0.382 e. The fourth-order valence-electron chi connectivity index (χ4n) is 2.09. The van der Waals surface area contributed by atoms with E-state index in [2.05, 4.69) is 68.7 Å². The Labute approximate surface area is 138 Å². The quantitative estimate of drug-likeness (QED) is 0.613. The van der Waals surface area contributed by atoms with E-state index in [1.807, 2.05) is 30.0 Å². The first-order chi connectivity index (χ1) is 10.5. The Hall–Kier alpha value is -1.61. The highest BCUT2D eigenvalue weighted by Gasteiger charge is 2.07. The van der Waals surface area contributed by atoms with Crippen LogP contribution >= 0.6 is 11.8 Å². The normalized spacial score (nSPS) is 11.0. The van der Waals surface area contributed by atoms with Crippen LogP contribution in [-0.2, 0) is 0 Å². The van der Waals surface area contributed by atoms with Gasteiger partial charge >= 0.3 is 0 Å². The van der Waals surface area contributed by atoms with Crippen molar-refractivity contribution < 1.29 is 0 Å². The van der Waals surface area contributed by atoms with E-state index in [0.717, 1.165) is 17.1 Å². The van der Waals surface area contributed by atoms with Crippen molar-refractivity contribution in [1.29, 1.82) is 0 Å². The SMILES string of the molecule is CC(C)CSc1cc(Nc2ccccc2)ccc1NC(C)C. The molecular formula is C19H26N2S. The smallest absolute Gasteiger partial charge is 0.0481 e. The van der Waals surface area contributed by atoms with Crippen LogP contribution in [0.1, 0.15) is 27.7 Å². The molecule has 2 rings (SSSR count). The van der Waals surface area contributed by atoms with Gasteiger partial charge in [0.05, 0.1) is 0 Å². The fraction of sp³-hybridized carbons (Fsp3) is 0.368. The summed E-state index contributed by atoms with van der Waals surface area (Å²) < 4.78 is 0. The molecule has 22 heavy (non-hydrogen) atoms. The Morgan fingerprint density at radius 2 is 1.64 bits per heavy atom. The molecule has 0 aromatic heterocycles. The van der Waals surface area contributed by atoms with Crippen LogP contribution in [-0.4, -0.2) is 11.8 Å². The van der Waals surface area contributed by atoms with E-state index in [-0.39, 0.29) is 0 Å². The summed E-state index contributed by atoms with van der Waals surface area (Å²) in [7, 11) is 0. The molecule has 0 heterocycles. The molecule has 0 radical (unpaired) electrons. The Morgan fingerprint density at radius 1 is 0.909 bits per heavy atom. The van der Waals surface area contributed by atoms with Crippen molar-refractivity contribution >= 4 is 28.8 Å². The van der Waals surface area contributed by atoms with Crippen LogP contribution < -0.4 is 10.6 Å². The van der Waals surface area contributed by atoms with E-state index in [4.69, 9.17) is 0 Å². The molecule has 0 aliphatic carbocycles. The Balaban J connectivity index is 2.19. The van der Waals surface area contributed by atoms with Crippen LogP contribution in [0.15, 0.2) is 53.4 Å². The van der Waals surface area contributed by atoms with Gasteiger partial charge < -0.3 is 10.6 Å². The zero-order chi connectivity index (χ0) is 15.9. The average molecular weight is 314 g/mol. The lowest BCUT2D eigenvalue weighted by Gasteiger charge is -2.17. The van der Waals surface area contributed by atoms with E-state index in [0.29, 0.717) is 12.0 Å². The first kappa shape index (κ1) is 16.8. The van der Waals surface area contributed by atoms with Crippen LogP contribution in [0.25, 0.3) is 0 Å². The van der Waals surface area contributed by atoms with E-state index >= 15 is 0 Å². The van der Waals surface area contributed by atoms with Gasteiger partial charge in [0, 0.05) is 33.8 Å². The summed E-state index contributed by atoms with van der Waals surface area (Å²) >= 11 is 1.92. The number of nitrogens with one attached hydrogen (secondary N) is 2. The molecule has 0 atom stereocenters. The second kappa shape index (κ2) is 8.14. The van der Waals surface area contributed by atoms with Gasteiger partial charge in [0.15, 0.2) is 0 Å². The van der Waals surface area contributed by atoms with Crippen molar-refractivity contribution in [2.75, 3.05) is 16.4 Å². The van der Waals surface area contributed by atoms with Gasteiger partial charge in [-0.1, -0.05) is 32.0 Å². The Morgan fingerprint density at radius 3 is 2.27 bits per heavy atom. The number of hydrogen-bond donors (Lipinski definition) is 2. The molecule has 0 bridgehead atoms. The maximum atomic E-state index is 3.54. The molecular weight excluding hydrogens is 288 g/mol. The number of hydrogen-bond acceptors (Lipinski definition) is 3. The van der Waals surface area contributed by atoms with Gasteiger partial charge in [-0.15, -0.1) is 11.8 Å². The number of anilines is 3. The summed E-state index contributed by atoms with van der Waals surface area (Å²) in [4.78, 5) is 1.31. The lowest BCUT2D eigenvalue weighted by molar-refractivity contribution is 0.750. The summed E-state index contributed by atoms with van der Waals surface area (Å²) in [5, 5.41) is 7.01. The summed E-state index contributed by atoms with van der Waals surface area (Å²) in [6.07, 6.45) is 0. The van der Waals surface area contributed by atoms with Crippen LogP contribution in [0, 0.1) is 5.92 Å². The van der Waals surface area contributed by atoms with Gasteiger partial charge in [-0.3, -0.25) is 0 Å². The Kier molecular flexibility index (Phi) is 6.20. The third-order valence-electron chi connectivity index (χ3n) is 3.06. The molecule has 2 aromatic carbocycles. The van der Waals surface area contributed by atoms with Gasteiger partial charge in [-0.25, -0.2) is 0 Å². The molecule has 0 fully saturated rings. The highest BCUT2D eigenvalue weighted by Crippen LogP contribution is 2.32. The van der Waals surface area contributed by atoms with Crippen LogP contribution in [0.2, 0.25) is 0 Å². The zero-order valence-corrected chi connectivity index (χ0v) is 14.7. The minimum atomic E-state index is 0.436. The summed E-state index contributed by atoms with van der Waals surface area (Å²) in [5.74, 6) is 1.81. The van der Waals surface area contributed by atoms with Crippen LogP contribution in [0.5, 0.6) is 0 Å². The van der Waals surface area contributed by atoms with Crippen LogP contribution in [0.4, 0.5) is 17.1 Å². The molecule has 3 heteroatoms. The lowest BCUT2D eigenvalue weighted by atomic mass is 10.2. The summed E-state index contributed by atoms with van der Waals surface area (Å²) in [6.45, 7) is 8.86. The van der Waals surface area contributed by atoms with Crippen molar-refractivity contribution in [2.24, 2.45) is 5.92 Å². The predicted molar refractivity (Wildman–Crippen MR) is 100 cm³/mol. The van der Waals surface area contributed by atoms with Gasteiger partial charge in [-0.05, 0) is 50.1 Å². The highest BCUT2D eigenvalue weighted by atomic mass is 32.2. The van der Waals surface area contributed by atoms with E-state index in [1.165, 1.54) is 10.6 Å². The highest BCUT2D eigenvalue weighted by molar-refractivity contribution is 7.99. The maximum Gasteiger partial charge on any atom is 0.0481 e. The first-order valence-electron chi connectivity index (χ1n) is 7.90. The van der Waals surface area contributed by atoms with Crippen molar-refractivity contribution in [3.63, 3.8) is 0 Å². The second-order valence-corrected chi connectivity index (χ2v) is 7.27. The standard InChI is InChI=1S/C19H26N2S/c1-14(2)13-22-19-12-17(10-11-18(19)20-15(3)4)21-16-8-6-5-7-9-16/h5-12,14-15,20-21H,13H2,1-4H3. The summed E-state index contributed by atoms with van der Waals surface area (Å²) in [6, 6.07) is 17.3. The molecule has 2 nitrogen and oxygen atoms in total. The molecule has 0 saturated heterocycles. The monoisotopic (exact) mass is 314 g/mol. The minimum Gasteiger partial charge on any atom is -0.382 e. The van der Waals surface area contributed by atoms with Crippen molar-refractivity contribution in [3.8, 4) is 0 Å². The third-order valence-corrected chi connectivity index (χ3v) is 4.54. The van der Waals surface area contributed by atoms with Gasteiger partial charge in [0.2, 0.25) is 0 Å². The molecule has 0 saturated carbocycles. The average Bonchev–Trinajstić information content (AvgIpc) is 2.48. The Bertz CT molecular complexity index is 579. The van der Waals surface area contributed by atoms with Crippen LogP contribution in [0.3, 0.4) is 0 Å². The second-order valence-electron chi connectivity index (χ2n) is 6.21. The van der Waals surface area contributed by atoms with Gasteiger partial charge in [-0.2, -0.15) is 0 Å². The molecule has 0 amide bonds.